The van der Waals surface area contributed by atoms with Gasteiger partial charge in [-0.1, -0.05) is 48.2 Å². The fraction of sp³-hybridized carbons (Fsp3) is 0.167. The smallest absolute Gasteiger partial charge is 0.316 e. The number of benzene rings is 2. The Hall–Kier alpha value is -2.80. The maximum absolute atomic E-state index is 11.6. The Morgan fingerprint density at radius 1 is 1.08 bits per heavy atom. The normalized spacial score (nSPS) is 10.4. The number of hydrogen-bond acceptors (Lipinski definition) is 6. The summed E-state index contributed by atoms with van der Waals surface area (Å²) in [5.74, 6) is 0.501. The van der Waals surface area contributed by atoms with Crippen LogP contribution in [0.25, 0.3) is 5.69 Å². The molecule has 1 N–H and O–H groups in total. The predicted molar refractivity (Wildman–Crippen MR) is 98.4 cm³/mol. The van der Waals surface area contributed by atoms with Gasteiger partial charge >= 0.3 is 5.97 Å². The SMILES string of the molecule is CCOC(=O)CSc1nnc(Nc2ccccc2)n1-c1ccccc1. The highest BCUT2D eigenvalue weighted by Gasteiger charge is 2.16. The highest BCUT2D eigenvalue weighted by Crippen LogP contribution is 2.26. The molecule has 6 nitrogen and oxygen atoms in total. The van der Waals surface area contributed by atoms with E-state index in [1.165, 1.54) is 11.8 Å². The quantitative estimate of drug-likeness (QED) is 0.516. The molecule has 0 aliphatic rings. The van der Waals surface area contributed by atoms with Crippen molar-refractivity contribution in [3.05, 3.63) is 60.7 Å². The molecule has 0 unspecified atom stereocenters. The molecule has 0 saturated heterocycles. The minimum absolute atomic E-state index is 0.185. The van der Waals surface area contributed by atoms with Crippen molar-refractivity contribution in [1.29, 1.82) is 0 Å². The molecule has 1 aromatic heterocycles. The number of thioether (sulfide) groups is 1. The van der Waals surface area contributed by atoms with Gasteiger partial charge < -0.3 is 10.1 Å². The minimum Gasteiger partial charge on any atom is -0.465 e. The average molecular weight is 354 g/mol. The zero-order valence-corrected chi connectivity index (χ0v) is 14.6. The zero-order chi connectivity index (χ0) is 17.5. The molecular weight excluding hydrogens is 336 g/mol. The van der Waals surface area contributed by atoms with E-state index in [4.69, 9.17) is 4.74 Å². The van der Waals surface area contributed by atoms with Crippen LogP contribution in [-0.2, 0) is 9.53 Å². The van der Waals surface area contributed by atoms with Gasteiger partial charge in [0.2, 0.25) is 5.95 Å². The van der Waals surface area contributed by atoms with Crippen molar-refractivity contribution in [2.45, 2.75) is 12.1 Å². The first-order chi connectivity index (χ1) is 12.3. The Morgan fingerprint density at radius 2 is 1.76 bits per heavy atom. The standard InChI is InChI=1S/C18H18N4O2S/c1-2-24-16(23)13-25-18-21-20-17(19-14-9-5-3-6-10-14)22(18)15-11-7-4-8-12-15/h3-12H,2,13H2,1H3,(H,19,20). The second-order valence-electron chi connectivity index (χ2n) is 5.06. The number of hydrogen-bond donors (Lipinski definition) is 1. The topological polar surface area (TPSA) is 69.0 Å². The van der Waals surface area contributed by atoms with Gasteiger partial charge in [0.25, 0.3) is 0 Å². The van der Waals surface area contributed by atoms with E-state index in [2.05, 4.69) is 15.5 Å². The summed E-state index contributed by atoms with van der Waals surface area (Å²) in [5.41, 5.74) is 1.83. The van der Waals surface area contributed by atoms with Crippen LogP contribution >= 0.6 is 11.8 Å². The Morgan fingerprint density at radius 3 is 2.44 bits per heavy atom. The summed E-state index contributed by atoms with van der Waals surface area (Å²) in [6.07, 6.45) is 0. The number of rotatable bonds is 7. The molecule has 3 rings (SSSR count). The van der Waals surface area contributed by atoms with E-state index in [-0.39, 0.29) is 11.7 Å². The molecule has 2 aromatic carbocycles. The number of carbonyl (C=O) groups is 1. The predicted octanol–water partition coefficient (Wildman–Crippen LogP) is 3.67. The summed E-state index contributed by atoms with van der Waals surface area (Å²) in [6.45, 7) is 2.16. The first-order valence-corrected chi connectivity index (χ1v) is 8.88. The van der Waals surface area contributed by atoms with Crippen LogP contribution in [0.4, 0.5) is 11.6 Å². The molecule has 7 heteroatoms. The van der Waals surface area contributed by atoms with E-state index in [1.54, 1.807) is 6.92 Å². The van der Waals surface area contributed by atoms with Gasteiger partial charge in [0.05, 0.1) is 18.0 Å². The van der Waals surface area contributed by atoms with Gasteiger partial charge in [-0.25, -0.2) is 0 Å². The van der Waals surface area contributed by atoms with Gasteiger partial charge in [0.1, 0.15) is 0 Å². The van der Waals surface area contributed by atoms with Crippen LogP contribution in [0.15, 0.2) is 65.8 Å². The lowest BCUT2D eigenvalue weighted by Crippen LogP contribution is -2.08. The van der Waals surface area contributed by atoms with Crippen LogP contribution in [0.1, 0.15) is 6.92 Å². The molecule has 25 heavy (non-hydrogen) atoms. The van der Waals surface area contributed by atoms with Crippen molar-refractivity contribution in [3.63, 3.8) is 0 Å². The second-order valence-corrected chi connectivity index (χ2v) is 6.00. The van der Waals surface area contributed by atoms with Crippen molar-refractivity contribution in [1.82, 2.24) is 14.8 Å². The lowest BCUT2D eigenvalue weighted by molar-refractivity contribution is -0.139. The molecule has 0 amide bonds. The molecule has 1 heterocycles. The highest BCUT2D eigenvalue weighted by molar-refractivity contribution is 7.99. The summed E-state index contributed by atoms with van der Waals surface area (Å²) < 4.78 is 6.86. The fourth-order valence-corrected chi connectivity index (χ4v) is 2.98. The molecule has 0 spiro atoms. The minimum atomic E-state index is -0.271. The molecule has 0 saturated carbocycles. The lowest BCUT2D eigenvalue weighted by Gasteiger charge is -2.11. The molecule has 0 atom stereocenters. The summed E-state index contributed by atoms with van der Waals surface area (Å²) in [7, 11) is 0. The first-order valence-electron chi connectivity index (χ1n) is 7.89. The third-order valence-electron chi connectivity index (χ3n) is 3.30. The van der Waals surface area contributed by atoms with E-state index in [0.29, 0.717) is 17.7 Å². The van der Waals surface area contributed by atoms with Crippen molar-refractivity contribution in [3.8, 4) is 5.69 Å². The number of para-hydroxylation sites is 2. The molecular formula is C18H18N4O2S. The molecule has 0 fully saturated rings. The van der Waals surface area contributed by atoms with Crippen LogP contribution in [0.5, 0.6) is 0 Å². The summed E-state index contributed by atoms with van der Waals surface area (Å²) in [6, 6.07) is 19.5. The van der Waals surface area contributed by atoms with Crippen LogP contribution in [0.2, 0.25) is 0 Å². The Labute approximate surface area is 150 Å². The number of ether oxygens (including phenoxy) is 1. The largest absolute Gasteiger partial charge is 0.465 e. The van der Waals surface area contributed by atoms with Crippen molar-refractivity contribution >= 4 is 29.4 Å². The van der Waals surface area contributed by atoms with E-state index in [0.717, 1.165) is 11.4 Å². The number of esters is 1. The Balaban J connectivity index is 1.89. The summed E-state index contributed by atoms with van der Waals surface area (Å²) in [5, 5.41) is 12.4. The van der Waals surface area contributed by atoms with Crippen LogP contribution < -0.4 is 5.32 Å². The number of nitrogens with one attached hydrogen (secondary N) is 1. The molecule has 0 aliphatic carbocycles. The lowest BCUT2D eigenvalue weighted by atomic mass is 10.3. The number of carbonyl (C=O) groups excluding carboxylic acids is 1. The average Bonchev–Trinajstić information content (AvgIpc) is 3.04. The maximum atomic E-state index is 11.6. The van der Waals surface area contributed by atoms with E-state index >= 15 is 0 Å². The van der Waals surface area contributed by atoms with Gasteiger partial charge in [-0.2, -0.15) is 0 Å². The van der Waals surface area contributed by atoms with Crippen LogP contribution in [0, 0.1) is 0 Å². The van der Waals surface area contributed by atoms with Crippen molar-refractivity contribution in [2.24, 2.45) is 0 Å². The summed E-state index contributed by atoms with van der Waals surface area (Å²) >= 11 is 1.30. The van der Waals surface area contributed by atoms with Gasteiger partial charge in [-0.05, 0) is 31.2 Å². The third-order valence-corrected chi connectivity index (χ3v) is 4.20. The number of nitrogens with zero attached hydrogens (tertiary/aromatic N) is 3. The fourth-order valence-electron chi connectivity index (χ4n) is 2.23. The molecule has 0 bridgehead atoms. The Kier molecular flexibility index (Phi) is 5.69. The zero-order valence-electron chi connectivity index (χ0n) is 13.8. The van der Waals surface area contributed by atoms with Crippen LogP contribution in [0.3, 0.4) is 0 Å². The molecule has 0 aliphatic heterocycles. The maximum Gasteiger partial charge on any atom is 0.316 e. The van der Waals surface area contributed by atoms with E-state index in [9.17, 15) is 4.79 Å². The monoisotopic (exact) mass is 354 g/mol. The van der Waals surface area contributed by atoms with E-state index < -0.39 is 0 Å². The third kappa shape index (κ3) is 4.39. The van der Waals surface area contributed by atoms with E-state index in [1.807, 2.05) is 65.2 Å². The van der Waals surface area contributed by atoms with Crippen molar-refractivity contribution < 1.29 is 9.53 Å². The number of anilines is 2. The van der Waals surface area contributed by atoms with Gasteiger partial charge in [0, 0.05) is 5.69 Å². The van der Waals surface area contributed by atoms with Crippen molar-refractivity contribution in [2.75, 3.05) is 17.7 Å². The van der Waals surface area contributed by atoms with Gasteiger partial charge in [0.15, 0.2) is 5.16 Å². The Bertz CT molecular complexity index is 822. The molecule has 0 radical (unpaired) electrons. The van der Waals surface area contributed by atoms with Gasteiger partial charge in [-0.3, -0.25) is 9.36 Å². The first kappa shape index (κ1) is 17.0. The van der Waals surface area contributed by atoms with Gasteiger partial charge in [-0.15, -0.1) is 10.2 Å². The summed E-state index contributed by atoms with van der Waals surface area (Å²) in [4.78, 5) is 11.6. The van der Waals surface area contributed by atoms with Crippen LogP contribution in [-0.4, -0.2) is 33.1 Å². The highest BCUT2D eigenvalue weighted by atomic mass is 32.2. The molecule has 3 aromatic rings. The molecule has 128 valence electrons. The number of aromatic nitrogens is 3. The second kappa shape index (κ2) is 8.34.